The lowest BCUT2D eigenvalue weighted by atomic mass is 10.1. The fourth-order valence-electron chi connectivity index (χ4n) is 2.74. The van der Waals surface area contributed by atoms with Gasteiger partial charge in [-0.1, -0.05) is 23.8 Å². The number of aromatic nitrogens is 2. The molecule has 4 rings (SSSR count). The molecule has 2 aromatic carbocycles. The summed E-state index contributed by atoms with van der Waals surface area (Å²) in [5, 5.41) is 3.17. The second-order valence-electron chi connectivity index (χ2n) is 6.08. The zero-order valence-electron chi connectivity index (χ0n) is 14.5. The van der Waals surface area contributed by atoms with Crippen molar-refractivity contribution in [3.63, 3.8) is 0 Å². The Morgan fingerprint density at radius 1 is 1.00 bits per heavy atom. The van der Waals surface area contributed by atoms with Crippen molar-refractivity contribution in [2.75, 3.05) is 5.32 Å². The van der Waals surface area contributed by atoms with Crippen molar-refractivity contribution in [1.82, 2.24) is 9.97 Å². The van der Waals surface area contributed by atoms with Crippen LogP contribution >= 0.6 is 0 Å². The maximum atomic E-state index is 12.4. The zero-order valence-corrected chi connectivity index (χ0v) is 14.5. The topological polar surface area (TPSA) is 85.1 Å². The van der Waals surface area contributed by atoms with Crippen molar-refractivity contribution in [3.8, 4) is 11.3 Å². The van der Waals surface area contributed by atoms with Gasteiger partial charge in [0.25, 0.3) is 5.91 Å². The third-order valence-electron chi connectivity index (χ3n) is 4.11. The van der Waals surface area contributed by atoms with E-state index < -0.39 is 0 Å². The molecule has 0 atom stereocenters. The number of benzene rings is 2. The minimum absolute atomic E-state index is 0.0991. The van der Waals surface area contributed by atoms with Gasteiger partial charge in [-0.25, -0.2) is 9.97 Å². The lowest BCUT2D eigenvalue weighted by molar-refractivity contribution is 0.102. The molecule has 0 aliphatic heterocycles. The number of carbonyl (C=O) groups is 1. The first-order chi connectivity index (χ1) is 13.1. The molecule has 1 N–H and O–H groups in total. The van der Waals surface area contributed by atoms with E-state index in [1.54, 1.807) is 48.8 Å². The molecule has 1 amide bonds. The average Bonchev–Trinajstić information content (AvgIpc) is 2.69. The van der Waals surface area contributed by atoms with Crippen LogP contribution in [0, 0.1) is 6.92 Å². The third kappa shape index (κ3) is 3.46. The highest BCUT2D eigenvalue weighted by atomic mass is 16.3. The summed E-state index contributed by atoms with van der Waals surface area (Å²) in [6.07, 6.45) is 3.10. The zero-order chi connectivity index (χ0) is 18.8. The normalized spacial score (nSPS) is 10.7. The van der Waals surface area contributed by atoms with Gasteiger partial charge in [0.2, 0.25) is 5.95 Å². The summed E-state index contributed by atoms with van der Waals surface area (Å²) in [7, 11) is 0. The highest BCUT2D eigenvalue weighted by Crippen LogP contribution is 2.23. The number of anilines is 1. The quantitative estimate of drug-likeness (QED) is 0.603. The lowest BCUT2D eigenvalue weighted by Crippen LogP contribution is -2.13. The largest absolute Gasteiger partial charge is 0.456 e. The van der Waals surface area contributed by atoms with Crippen molar-refractivity contribution in [3.05, 3.63) is 88.3 Å². The van der Waals surface area contributed by atoms with Crippen molar-refractivity contribution < 1.29 is 9.21 Å². The van der Waals surface area contributed by atoms with Gasteiger partial charge in [-0.15, -0.1) is 0 Å². The molecule has 27 heavy (non-hydrogen) atoms. The molecule has 6 nitrogen and oxygen atoms in total. The number of carbonyl (C=O) groups excluding carboxylic acids is 1. The van der Waals surface area contributed by atoms with Crippen LogP contribution in [0.15, 0.2) is 76.2 Å². The number of amides is 1. The van der Waals surface area contributed by atoms with Crippen LogP contribution in [0.1, 0.15) is 15.9 Å². The number of nitrogens with zero attached hydrogens (tertiary/aromatic N) is 2. The van der Waals surface area contributed by atoms with Gasteiger partial charge in [0.15, 0.2) is 5.43 Å². The van der Waals surface area contributed by atoms with Crippen LogP contribution < -0.4 is 10.7 Å². The summed E-state index contributed by atoms with van der Waals surface area (Å²) in [6, 6.07) is 15.4. The Morgan fingerprint density at radius 3 is 2.48 bits per heavy atom. The predicted octanol–water partition coefficient (Wildman–Crippen LogP) is 3.81. The molecular formula is C21H15N3O3. The molecular weight excluding hydrogens is 342 g/mol. The van der Waals surface area contributed by atoms with Crippen LogP contribution in [0.5, 0.6) is 0 Å². The Labute approximate surface area is 154 Å². The summed E-state index contributed by atoms with van der Waals surface area (Å²) in [5.74, 6) is 0.375. The standard InChI is InChI=1S/C21H15N3O3/c1-13-3-8-18-16(11-13)17(25)12-19(27-18)14-4-6-15(7-5-14)20(26)24-21-22-9-2-10-23-21/h2-12H,1H3,(H,22,23,24,26). The number of aryl methyl sites for hydroxylation is 1. The van der Waals surface area contributed by atoms with Gasteiger partial charge in [-0.05, 0) is 37.3 Å². The van der Waals surface area contributed by atoms with Crippen molar-refractivity contribution >= 4 is 22.8 Å². The molecule has 0 saturated carbocycles. The van der Waals surface area contributed by atoms with E-state index in [1.165, 1.54) is 6.07 Å². The van der Waals surface area contributed by atoms with Gasteiger partial charge < -0.3 is 4.42 Å². The van der Waals surface area contributed by atoms with Crippen molar-refractivity contribution in [2.45, 2.75) is 6.92 Å². The first-order valence-electron chi connectivity index (χ1n) is 8.33. The number of fused-ring (bicyclic) bond motifs is 1. The molecule has 0 spiro atoms. The number of nitrogens with one attached hydrogen (secondary N) is 1. The minimum atomic E-state index is -0.316. The summed E-state index contributed by atoms with van der Waals surface area (Å²) in [4.78, 5) is 32.5. The van der Waals surface area contributed by atoms with E-state index in [9.17, 15) is 9.59 Å². The van der Waals surface area contributed by atoms with E-state index in [4.69, 9.17) is 4.42 Å². The van der Waals surface area contributed by atoms with Gasteiger partial charge >= 0.3 is 0 Å². The molecule has 0 radical (unpaired) electrons. The molecule has 2 heterocycles. The van der Waals surface area contributed by atoms with E-state index in [0.29, 0.717) is 27.9 Å². The number of hydrogen-bond donors (Lipinski definition) is 1. The molecule has 0 aliphatic rings. The summed E-state index contributed by atoms with van der Waals surface area (Å²) in [5.41, 5.74) is 2.59. The van der Waals surface area contributed by atoms with Gasteiger partial charge in [0, 0.05) is 29.6 Å². The molecule has 0 bridgehead atoms. The van der Waals surface area contributed by atoms with E-state index in [0.717, 1.165) is 5.56 Å². The molecule has 0 unspecified atom stereocenters. The second-order valence-corrected chi connectivity index (χ2v) is 6.08. The second kappa shape index (κ2) is 6.84. The Hall–Kier alpha value is -3.80. The fourth-order valence-corrected chi connectivity index (χ4v) is 2.74. The van der Waals surface area contributed by atoms with Crippen LogP contribution in [0.25, 0.3) is 22.3 Å². The number of hydrogen-bond acceptors (Lipinski definition) is 5. The van der Waals surface area contributed by atoms with Crippen LogP contribution in [0.2, 0.25) is 0 Å². The van der Waals surface area contributed by atoms with E-state index in [-0.39, 0.29) is 17.3 Å². The Morgan fingerprint density at radius 2 is 1.74 bits per heavy atom. The number of rotatable bonds is 3. The van der Waals surface area contributed by atoms with Gasteiger partial charge in [0.1, 0.15) is 11.3 Å². The van der Waals surface area contributed by atoms with Crippen molar-refractivity contribution in [2.24, 2.45) is 0 Å². The highest BCUT2D eigenvalue weighted by Gasteiger charge is 2.10. The lowest BCUT2D eigenvalue weighted by Gasteiger charge is -2.06. The SMILES string of the molecule is Cc1ccc2oc(-c3ccc(C(=O)Nc4ncccn4)cc3)cc(=O)c2c1. The molecule has 4 aromatic rings. The van der Waals surface area contributed by atoms with Gasteiger partial charge in [0.05, 0.1) is 5.39 Å². The Kier molecular flexibility index (Phi) is 4.22. The van der Waals surface area contributed by atoms with E-state index in [1.807, 2.05) is 19.1 Å². The first kappa shape index (κ1) is 16.7. The predicted molar refractivity (Wildman–Crippen MR) is 103 cm³/mol. The maximum absolute atomic E-state index is 12.4. The van der Waals surface area contributed by atoms with E-state index in [2.05, 4.69) is 15.3 Å². The van der Waals surface area contributed by atoms with Crippen LogP contribution in [-0.2, 0) is 0 Å². The maximum Gasteiger partial charge on any atom is 0.258 e. The molecule has 0 aliphatic carbocycles. The Balaban J connectivity index is 1.62. The fraction of sp³-hybridized carbons (Fsp3) is 0.0476. The van der Waals surface area contributed by atoms with Gasteiger partial charge in [-0.3, -0.25) is 14.9 Å². The molecule has 2 aromatic heterocycles. The molecule has 6 heteroatoms. The van der Waals surface area contributed by atoms with Crippen LogP contribution in [0.3, 0.4) is 0 Å². The van der Waals surface area contributed by atoms with E-state index >= 15 is 0 Å². The molecule has 132 valence electrons. The van der Waals surface area contributed by atoms with Crippen LogP contribution in [-0.4, -0.2) is 15.9 Å². The summed E-state index contributed by atoms with van der Waals surface area (Å²) < 4.78 is 5.86. The minimum Gasteiger partial charge on any atom is -0.456 e. The first-order valence-corrected chi connectivity index (χ1v) is 8.33. The molecule has 0 fully saturated rings. The average molecular weight is 357 g/mol. The van der Waals surface area contributed by atoms with Crippen LogP contribution in [0.4, 0.5) is 5.95 Å². The Bertz CT molecular complexity index is 1180. The molecule has 0 saturated heterocycles. The summed E-state index contributed by atoms with van der Waals surface area (Å²) >= 11 is 0. The highest BCUT2D eigenvalue weighted by molar-refractivity contribution is 6.03. The van der Waals surface area contributed by atoms with Crippen molar-refractivity contribution in [1.29, 1.82) is 0 Å². The smallest absolute Gasteiger partial charge is 0.258 e. The van der Waals surface area contributed by atoms with Gasteiger partial charge in [-0.2, -0.15) is 0 Å². The summed E-state index contributed by atoms with van der Waals surface area (Å²) in [6.45, 7) is 1.93. The third-order valence-corrected chi connectivity index (χ3v) is 4.11. The monoisotopic (exact) mass is 357 g/mol.